The molecule has 0 aliphatic carbocycles. The summed E-state index contributed by atoms with van der Waals surface area (Å²) >= 11 is 0. The normalized spacial score (nSPS) is 28.4. The topological polar surface area (TPSA) is 31.5 Å². The van der Waals surface area contributed by atoms with Gasteiger partial charge in [-0.25, -0.2) is 0 Å². The van der Waals surface area contributed by atoms with E-state index in [1.165, 1.54) is 61.1 Å². The number of H-pyrrole nitrogens is 1. The van der Waals surface area contributed by atoms with E-state index in [1.54, 1.807) is 7.11 Å². The molecule has 3 aliphatic heterocycles. The van der Waals surface area contributed by atoms with Crippen LogP contribution >= 0.6 is 0 Å². The number of hydrogen-bond acceptors (Lipinski definition) is 3. The van der Waals surface area contributed by atoms with Crippen LogP contribution in [0.5, 0.6) is 5.75 Å². The van der Waals surface area contributed by atoms with Gasteiger partial charge in [0.2, 0.25) is 0 Å². The predicted octanol–water partition coefficient (Wildman–Crippen LogP) is 2.90. The zero-order chi connectivity index (χ0) is 14.7. The summed E-state index contributed by atoms with van der Waals surface area (Å²) in [6.07, 6.45) is 5.81. The molecular weight excluding hydrogens is 274 g/mol. The van der Waals surface area contributed by atoms with Crippen molar-refractivity contribution in [2.24, 2.45) is 0 Å². The van der Waals surface area contributed by atoms with E-state index in [1.807, 2.05) is 0 Å². The molecule has 2 saturated heterocycles. The van der Waals surface area contributed by atoms with Crippen molar-refractivity contribution in [2.75, 3.05) is 26.7 Å². The number of hydrogen-bond donors (Lipinski definition) is 1. The third-order valence-electron chi connectivity index (χ3n) is 5.90. The van der Waals surface area contributed by atoms with Crippen LogP contribution in [0.15, 0.2) is 18.2 Å². The van der Waals surface area contributed by atoms with E-state index in [0.717, 1.165) is 12.2 Å². The highest BCUT2D eigenvalue weighted by atomic mass is 16.5. The van der Waals surface area contributed by atoms with Gasteiger partial charge in [-0.2, -0.15) is 0 Å². The summed E-state index contributed by atoms with van der Waals surface area (Å²) in [7, 11) is 1.75. The van der Waals surface area contributed by atoms with Crippen LogP contribution < -0.4 is 4.74 Å². The van der Waals surface area contributed by atoms with E-state index < -0.39 is 0 Å². The number of rotatable bonds is 1. The first kappa shape index (κ1) is 13.0. The zero-order valence-corrected chi connectivity index (χ0v) is 13.1. The third-order valence-corrected chi connectivity index (χ3v) is 5.90. The van der Waals surface area contributed by atoms with Crippen LogP contribution in [0.2, 0.25) is 0 Å². The number of ether oxygens (including phenoxy) is 1. The Morgan fingerprint density at radius 2 is 2.14 bits per heavy atom. The minimum atomic E-state index is 0.585. The van der Waals surface area contributed by atoms with Gasteiger partial charge in [-0.3, -0.25) is 9.80 Å². The molecule has 2 aromatic rings. The van der Waals surface area contributed by atoms with Crippen molar-refractivity contribution >= 4 is 10.9 Å². The number of fused-ring (bicyclic) bond motifs is 7. The molecule has 0 radical (unpaired) electrons. The molecule has 0 unspecified atom stereocenters. The molecule has 4 heteroatoms. The third kappa shape index (κ3) is 1.71. The number of benzene rings is 1. The smallest absolute Gasteiger partial charge is 0.119 e. The lowest BCUT2D eigenvalue weighted by atomic mass is 9.92. The molecule has 0 spiro atoms. The average molecular weight is 297 g/mol. The van der Waals surface area contributed by atoms with Crippen LogP contribution in [0.3, 0.4) is 0 Å². The fraction of sp³-hybridized carbons (Fsp3) is 0.556. The van der Waals surface area contributed by atoms with Gasteiger partial charge in [0.25, 0.3) is 0 Å². The van der Waals surface area contributed by atoms with Crippen LogP contribution in [-0.4, -0.2) is 47.7 Å². The highest BCUT2D eigenvalue weighted by Crippen LogP contribution is 2.42. The summed E-state index contributed by atoms with van der Waals surface area (Å²) in [5.74, 6) is 0.961. The molecule has 2 fully saturated rings. The Morgan fingerprint density at radius 3 is 3.05 bits per heavy atom. The monoisotopic (exact) mass is 297 g/mol. The first-order valence-electron chi connectivity index (χ1n) is 8.53. The Kier molecular flexibility index (Phi) is 2.79. The second-order valence-electron chi connectivity index (χ2n) is 6.88. The average Bonchev–Trinajstić information content (AvgIpc) is 3.18. The maximum absolute atomic E-state index is 5.42. The van der Waals surface area contributed by atoms with E-state index in [-0.39, 0.29) is 0 Å². The van der Waals surface area contributed by atoms with Gasteiger partial charge >= 0.3 is 0 Å². The Hall–Kier alpha value is -1.52. The van der Waals surface area contributed by atoms with E-state index in [2.05, 4.69) is 33.0 Å². The van der Waals surface area contributed by atoms with Gasteiger partial charge in [0.1, 0.15) is 5.75 Å². The maximum atomic E-state index is 5.42. The van der Waals surface area contributed by atoms with Crippen LogP contribution in [0.4, 0.5) is 0 Å². The quantitative estimate of drug-likeness (QED) is 0.878. The van der Waals surface area contributed by atoms with Crippen molar-refractivity contribution in [3.8, 4) is 5.75 Å². The number of methoxy groups -OCH3 is 1. The lowest BCUT2D eigenvalue weighted by Crippen LogP contribution is -2.53. The number of nitrogens with one attached hydrogen (secondary N) is 1. The van der Waals surface area contributed by atoms with Gasteiger partial charge in [-0.15, -0.1) is 0 Å². The van der Waals surface area contributed by atoms with Gasteiger partial charge in [0.05, 0.1) is 19.3 Å². The van der Waals surface area contributed by atoms with Crippen molar-refractivity contribution in [3.05, 3.63) is 29.5 Å². The highest BCUT2D eigenvalue weighted by Gasteiger charge is 2.42. The number of nitrogens with zero attached hydrogens (tertiary/aromatic N) is 2. The highest BCUT2D eigenvalue weighted by molar-refractivity contribution is 5.86. The second kappa shape index (κ2) is 4.74. The molecule has 2 atom stereocenters. The Balaban J connectivity index is 1.60. The maximum Gasteiger partial charge on any atom is 0.119 e. The molecule has 22 heavy (non-hydrogen) atoms. The molecule has 0 amide bonds. The summed E-state index contributed by atoms with van der Waals surface area (Å²) in [5, 5.41) is 1.36. The molecule has 3 aliphatic rings. The minimum absolute atomic E-state index is 0.585. The van der Waals surface area contributed by atoms with Crippen LogP contribution in [-0.2, 0) is 6.42 Å². The lowest BCUT2D eigenvalue weighted by molar-refractivity contribution is -0.0161. The number of aromatic amines is 1. The fourth-order valence-electron chi connectivity index (χ4n) is 4.89. The van der Waals surface area contributed by atoms with E-state index in [9.17, 15) is 0 Å². The van der Waals surface area contributed by atoms with E-state index in [0.29, 0.717) is 12.2 Å². The summed E-state index contributed by atoms with van der Waals surface area (Å²) < 4.78 is 5.42. The Labute approximate surface area is 131 Å². The zero-order valence-electron chi connectivity index (χ0n) is 13.1. The standard InChI is InChI=1S/C18H23N3O/c1-22-12-4-5-15-14(11-12)13-6-10-21-16(18(13)19-15)7-9-20-8-2-3-17(20)21/h4-5,11,16-17,19H,2-3,6-10H2,1H3/t16-,17-/m1/s1. The fourth-order valence-corrected chi connectivity index (χ4v) is 4.89. The first-order chi connectivity index (χ1) is 10.8. The SMILES string of the molecule is COc1ccc2[nH]c3c(c2c1)CCN1[C@@H]3CCN2CCC[C@H]21. The van der Waals surface area contributed by atoms with Crippen LogP contribution in [0, 0.1) is 0 Å². The number of aromatic nitrogens is 1. The predicted molar refractivity (Wildman–Crippen MR) is 87.2 cm³/mol. The molecule has 0 saturated carbocycles. The van der Waals surface area contributed by atoms with Gasteiger partial charge in [0, 0.05) is 29.7 Å². The molecule has 5 rings (SSSR count). The van der Waals surface area contributed by atoms with Crippen LogP contribution in [0.1, 0.15) is 36.6 Å². The van der Waals surface area contributed by atoms with Gasteiger partial charge in [-0.05, 0) is 56.0 Å². The molecule has 4 heterocycles. The van der Waals surface area contributed by atoms with Crippen molar-refractivity contribution in [3.63, 3.8) is 0 Å². The largest absolute Gasteiger partial charge is 0.497 e. The lowest BCUT2D eigenvalue weighted by Gasteiger charge is -2.47. The van der Waals surface area contributed by atoms with Crippen molar-refractivity contribution in [1.82, 2.24) is 14.8 Å². The second-order valence-corrected chi connectivity index (χ2v) is 6.88. The summed E-state index contributed by atoms with van der Waals surface area (Å²) in [6, 6.07) is 7.01. The molecule has 1 N–H and O–H groups in total. The molecular formula is C18H23N3O. The molecule has 0 bridgehead atoms. The molecule has 4 nitrogen and oxygen atoms in total. The summed E-state index contributed by atoms with van der Waals surface area (Å²) in [6.45, 7) is 3.75. The van der Waals surface area contributed by atoms with Crippen molar-refractivity contribution < 1.29 is 4.74 Å². The van der Waals surface area contributed by atoms with Gasteiger partial charge < -0.3 is 9.72 Å². The summed E-state index contributed by atoms with van der Waals surface area (Å²) in [4.78, 5) is 9.17. The summed E-state index contributed by atoms with van der Waals surface area (Å²) in [5.41, 5.74) is 4.27. The van der Waals surface area contributed by atoms with Gasteiger partial charge in [0.15, 0.2) is 0 Å². The van der Waals surface area contributed by atoms with Gasteiger partial charge in [-0.1, -0.05) is 0 Å². The molecule has 1 aromatic carbocycles. The van der Waals surface area contributed by atoms with E-state index >= 15 is 0 Å². The molecule has 116 valence electrons. The Bertz CT molecular complexity index is 722. The van der Waals surface area contributed by atoms with Crippen LogP contribution in [0.25, 0.3) is 10.9 Å². The molecule has 1 aromatic heterocycles. The Morgan fingerprint density at radius 1 is 1.18 bits per heavy atom. The minimum Gasteiger partial charge on any atom is -0.497 e. The first-order valence-corrected chi connectivity index (χ1v) is 8.53. The van der Waals surface area contributed by atoms with Crippen molar-refractivity contribution in [1.29, 1.82) is 0 Å². The van der Waals surface area contributed by atoms with E-state index in [4.69, 9.17) is 4.74 Å². The van der Waals surface area contributed by atoms with Crippen molar-refractivity contribution in [2.45, 2.75) is 37.9 Å².